The van der Waals surface area contributed by atoms with E-state index in [1.165, 1.54) is 0 Å². The molecule has 18 heavy (non-hydrogen) atoms. The maximum absolute atomic E-state index is 4.21. The van der Waals surface area contributed by atoms with Gasteiger partial charge in [0.05, 0.1) is 6.54 Å². The lowest BCUT2D eigenvalue weighted by molar-refractivity contribution is 0.746. The molecule has 0 saturated carbocycles. The number of aromatic nitrogens is 6. The van der Waals surface area contributed by atoms with Crippen molar-refractivity contribution in [1.82, 2.24) is 29.4 Å². The summed E-state index contributed by atoms with van der Waals surface area (Å²) in [5, 5.41) is 11.7. The fraction of sp³-hybridized carbons (Fsp3) is 0.273. The van der Waals surface area contributed by atoms with Crippen molar-refractivity contribution >= 4 is 11.5 Å². The predicted molar refractivity (Wildman–Crippen MR) is 66.1 cm³/mol. The van der Waals surface area contributed by atoms with E-state index in [0.717, 1.165) is 22.9 Å². The number of nitrogens with one attached hydrogen (secondary N) is 1. The Morgan fingerprint density at radius 2 is 2.17 bits per heavy atom. The molecule has 7 nitrogen and oxygen atoms in total. The number of rotatable bonds is 3. The standard InChI is InChI=1S/C11H13N7/c1-8-3-10(18-11(4-8)13-6-15-18)12-5-9-14-7-17(2)16-9/h3-4,6-7,12H,5H2,1-2H3. The van der Waals surface area contributed by atoms with Crippen molar-refractivity contribution in [2.75, 3.05) is 5.32 Å². The van der Waals surface area contributed by atoms with E-state index >= 15 is 0 Å². The highest BCUT2D eigenvalue weighted by molar-refractivity contribution is 5.51. The molecule has 0 bridgehead atoms. The van der Waals surface area contributed by atoms with E-state index < -0.39 is 0 Å². The Balaban J connectivity index is 1.87. The van der Waals surface area contributed by atoms with Crippen LogP contribution in [0.15, 0.2) is 24.8 Å². The first kappa shape index (κ1) is 10.7. The van der Waals surface area contributed by atoms with Gasteiger partial charge in [-0.05, 0) is 24.6 Å². The van der Waals surface area contributed by atoms with E-state index in [9.17, 15) is 0 Å². The molecule has 7 heteroatoms. The molecule has 0 atom stereocenters. The Morgan fingerprint density at radius 1 is 1.28 bits per heavy atom. The summed E-state index contributed by atoms with van der Waals surface area (Å²) in [7, 11) is 1.85. The molecule has 3 heterocycles. The van der Waals surface area contributed by atoms with Crippen LogP contribution >= 0.6 is 0 Å². The van der Waals surface area contributed by atoms with Gasteiger partial charge in [-0.3, -0.25) is 4.68 Å². The van der Waals surface area contributed by atoms with Crippen LogP contribution in [0.1, 0.15) is 11.4 Å². The molecule has 0 spiro atoms. The summed E-state index contributed by atoms with van der Waals surface area (Å²) in [5.41, 5.74) is 1.96. The first-order chi connectivity index (χ1) is 8.72. The van der Waals surface area contributed by atoms with E-state index in [4.69, 9.17) is 0 Å². The van der Waals surface area contributed by atoms with Crippen molar-refractivity contribution in [1.29, 1.82) is 0 Å². The summed E-state index contributed by atoms with van der Waals surface area (Å²) >= 11 is 0. The highest BCUT2D eigenvalue weighted by atomic mass is 15.3. The fourth-order valence-corrected chi connectivity index (χ4v) is 1.82. The highest BCUT2D eigenvalue weighted by Gasteiger charge is 2.05. The van der Waals surface area contributed by atoms with Gasteiger partial charge >= 0.3 is 0 Å². The van der Waals surface area contributed by atoms with E-state index in [0.29, 0.717) is 6.54 Å². The molecule has 0 aliphatic heterocycles. The van der Waals surface area contributed by atoms with Crippen molar-refractivity contribution in [3.63, 3.8) is 0 Å². The monoisotopic (exact) mass is 243 g/mol. The average Bonchev–Trinajstić information content (AvgIpc) is 2.94. The number of fused-ring (bicyclic) bond motifs is 1. The van der Waals surface area contributed by atoms with Crippen LogP contribution in [0.2, 0.25) is 0 Å². The Morgan fingerprint density at radius 3 is 2.94 bits per heavy atom. The van der Waals surface area contributed by atoms with Gasteiger partial charge in [0, 0.05) is 7.05 Å². The fourth-order valence-electron chi connectivity index (χ4n) is 1.82. The molecule has 0 aliphatic rings. The second kappa shape index (κ2) is 4.10. The molecule has 0 saturated heterocycles. The quantitative estimate of drug-likeness (QED) is 0.736. The summed E-state index contributed by atoms with van der Waals surface area (Å²) in [6, 6.07) is 4.00. The van der Waals surface area contributed by atoms with Gasteiger partial charge in [0.2, 0.25) is 0 Å². The molecule has 0 amide bonds. The van der Waals surface area contributed by atoms with Crippen molar-refractivity contribution < 1.29 is 0 Å². The predicted octanol–water partition coefficient (Wildman–Crippen LogP) is 0.778. The van der Waals surface area contributed by atoms with Crippen molar-refractivity contribution in [2.45, 2.75) is 13.5 Å². The number of pyridine rings is 1. The van der Waals surface area contributed by atoms with E-state index in [-0.39, 0.29) is 0 Å². The van der Waals surface area contributed by atoms with Crippen LogP contribution in [0.25, 0.3) is 5.65 Å². The Hall–Kier alpha value is -2.44. The van der Waals surface area contributed by atoms with Gasteiger partial charge in [0.25, 0.3) is 0 Å². The summed E-state index contributed by atoms with van der Waals surface area (Å²) in [4.78, 5) is 8.34. The number of nitrogens with zero attached hydrogens (tertiary/aromatic N) is 6. The molecule has 3 aromatic heterocycles. The van der Waals surface area contributed by atoms with Gasteiger partial charge in [-0.25, -0.2) is 9.97 Å². The summed E-state index contributed by atoms with van der Waals surface area (Å²) in [6.45, 7) is 2.58. The van der Waals surface area contributed by atoms with Crippen molar-refractivity contribution in [3.8, 4) is 0 Å². The molecule has 0 aliphatic carbocycles. The zero-order chi connectivity index (χ0) is 12.5. The van der Waals surface area contributed by atoms with Gasteiger partial charge in [0.15, 0.2) is 11.5 Å². The van der Waals surface area contributed by atoms with E-state index in [1.54, 1.807) is 21.9 Å². The number of hydrogen-bond acceptors (Lipinski definition) is 5. The first-order valence-electron chi connectivity index (χ1n) is 5.61. The van der Waals surface area contributed by atoms with Crippen LogP contribution < -0.4 is 5.32 Å². The first-order valence-corrected chi connectivity index (χ1v) is 5.61. The largest absolute Gasteiger partial charge is 0.363 e. The lowest BCUT2D eigenvalue weighted by Gasteiger charge is -2.07. The Labute approximate surface area is 103 Å². The lowest BCUT2D eigenvalue weighted by atomic mass is 10.3. The molecule has 3 aromatic rings. The van der Waals surface area contributed by atoms with Gasteiger partial charge < -0.3 is 5.32 Å². The minimum atomic E-state index is 0.555. The van der Waals surface area contributed by atoms with E-state index in [2.05, 4.69) is 25.5 Å². The van der Waals surface area contributed by atoms with Crippen molar-refractivity contribution in [2.24, 2.45) is 7.05 Å². The van der Waals surface area contributed by atoms with Crippen LogP contribution in [0, 0.1) is 6.92 Å². The third-order valence-electron chi connectivity index (χ3n) is 2.60. The minimum Gasteiger partial charge on any atom is -0.363 e. The molecule has 3 rings (SSSR count). The van der Waals surface area contributed by atoms with Gasteiger partial charge in [-0.1, -0.05) is 0 Å². The molecule has 0 aromatic carbocycles. The summed E-state index contributed by atoms with van der Waals surface area (Å²) < 4.78 is 3.44. The molecular formula is C11H13N7. The molecule has 0 radical (unpaired) electrons. The zero-order valence-electron chi connectivity index (χ0n) is 10.2. The highest BCUT2D eigenvalue weighted by Crippen LogP contribution is 2.13. The SMILES string of the molecule is Cc1cc(NCc2ncn(C)n2)n2ncnc2c1. The average molecular weight is 243 g/mol. The zero-order valence-corrected chi connectivity index (χ0v) is 10.2. The topological polar surface area (TPSA) is 72.9 Å². The Kier molecular flexibility index (Phi) is 2.44. The summed E-state index contributed by atoms with van der Waals surface area (Å²) in [5.74, 6) is 1.63. The third-order valence-corrected chi connectivity index (χ3v) is 2.60. The van der Waals surface area contributed by atoms with Crippen LogP contribution in [0.5, 0.6) is 0 Å². The second-order valence-electron chi connectivity index (χ2n) is 4.14. The second-order valence-corrected chi connectivity index (χ2v) is 4.14. The van der Waals surface area contributed by atoms with Gasteiger partial charge in [0.1, 0.15) is 18.5 Å². The van der Waals surface area contributed by atoms with Crippen LogP contribution in [-0.4, -0.2) is 29.4 Å². The van der Waals surface area contributed by atoms with Gasteiger partial charge in [-0.15, -0.1) is 0 Å². The van der Waals surface area contributed by atoms with Crippen LogP contribution in [0.4, 0.5) is 5.82 Å². The number of anilines is 1. The van der Waals surface area contributed by atoms with Crippen LogP contribution in [0.3, 0.4) is 0 Å². The smallest absolute Gasteiger partial charge is 0.169 e. The minimum absolute atomic E-state index is 0.555. The Bertz CT molecular complexity index is 682. The van der Waals surface area contributed by atoms with E-state index in [1.807, 2.05) is 26.1 Å². The number of aryl methyl sites for hydroxylation is 2. The lowest BCUT2D eigenvalue weighted by Crippen LogP contribution is -2.07. The summed E-state index contributed by atoms with van der Waals surface area (Å²) in [6.07, 6.45) is 3.22. The normalized spacial score (nSPS) is 11.0. The molecule has 92 valence electrons. The third kappa shape index (κ3) is 1.90. The molecule has 0 unspecified atom stereocenters. The maximum atomic E-state index is 4.21. The molecule has 0 fully saturated rings. The maximum Gasteiger partial charge on any atom is 0.169 e. The van der Waals surface area contributed by atoms with Crippen LogP contribution in [-0.2, 0) is 13.6 Å². The molecule has 1 N–H and O–H groups in total. The molecular weight excluding hydrogens is 230 g/mol. The van der Waals surface area contributed by atoms with Crippen molar-refractivity contribution in [3.05, 3.63) is 36.2 Å². The van der Waals surface area contributed by atoms with Gasteiger partial charge in [-0.2, -0.15) is 14.7 Å². The number of hydrogen-bond donors (Lipinski definition) is 1.